The molecule has 1 aromatic rings. The first-order chi connectivity index (χ1) is 9.56. The van der Waals surface area contributed by atoms with E-state index in [0.717, 1.165) is 24.0 Å². The minimum absolute atomic E-state index is 0. The highest BCUT2D eigenvalue weighted by atomic mass is 79.9. The molecule has 3 nitrogen and oxygen atoms in total. The molecule has 1 heterocycles. The molecule has 2 aliphatic rings. The summed E-state index contributed by atoms with van der Waals surface area (Å²) in [5, 5.41) is 0.503. The standard InChI is InChI=1S/C15H18BrClN2O.ClH/c16-10-4-5-11(13(17)6-10)15(20)19-7-9-2-1-3-14(18)12(9)8-19;/h4-6,9,12,14H,1-3,7-8,18H2;1H. The molecule has 0 radical (unpaired) electrons. The molecule has 0 bridgehead atoms. The maximum atomic E-state index is 12.6. The minimum Gasteiger partial charge on any atom is -0.338 e. The van der Waals surface area contributed by atoms with Crippen molar-refractivity contribution in [3.05, 3.63) is 33.3 Å². The monoisotopic (exact) mass is 392 g/mol. The summed E-state index contributed by atoms with van der Waals surface area (Å²) in [5.74, 6) is 1.06. The molecule has 3 rings (SSSR count). The highest BCUT2D eigenvalue weighted by Crippen LogP contribution is 2.36. The number of fused-ring (bicyclic) bond motifs is 1. The molecule has 2 fully saturated rings. The van der Waals surface area contributed by atoms with Crippen LogP contribution in [-0.4, -0.2) is 29.9 Å². The number of hydrogen-bond donors (Lipinski definition) is 1. The summed E-state index contributed by atoms with van der Waals surface area (Å²) in [4.78, 5) is 14.5. The van der Waals surface area contributed by atoms with Gasteiger partial charge in [0.25, 0.3) is 5.91 Å². The van der Waals surface area contributed by atoms with Gasteiger partial charge in [0.05, 0.1) is 10.6 Å². The lowest BCUT2D eigenvalue weighted by Crippen LogP contribution is -2.38. The Morgan fingerprint density at radius 2 is 2.10 bits per heavy atom. The number of amides is 1. The fourth-order valence-electron chi connectivity index (χ4n) is 3.52. The summed E-state index contributed by atoms with van der Waals surface area (Å²) in [6.45, 7) is 1.60. The van der Waals surface area contributed by atoms with E-state index in [0.29, 0.717) is 22.4 Å². The van der Waals surface area contributed by atoms with E-state index in [1.54, 1.807) is 12.1 Å². The third-order valence-corrected chi connectivity index (χ3v) is 5.41. The van der Waals surface area contributed by atoms with E-state index in [2.05, 4.69) is 15.9 Å². The Balaban J connectivity index is 0.00000161. The number of rotatable bonds is 1. The van der Waals surface area contributed by atoms with Crippen LogP contribution in [0.15, 0.2) is 22.7 Å². The van der Waals surface area contributed by atoms with Crippen molar-refractivity contribution < 1.29 is 4.79 Å². The number of nitrogens with zero attached hydrogens (tertiary/aromatic N) is 1. The number of hydrogen-bond acceptors (Lipinski definition) is 2. The van der Waals surface area contributed by atoms with Crippen LogP contribution in [0.25, 0.3) is 0 Å². The van der Waals surface area contributed by atoms with Crippen molar-refractivity contribution in [1.82, 2.24) is 4.90 Å². The molecule has 1 aliphatic heterocycles. The van der Waals surface area contributed by atoms with Gasteiger partial charge in [-0.15, -0.1) is 12.4 Å². The second-order valence-corrected chi connectivity index (χ2v) is 7.18. The van der Waals surface area contributed by atoms with Gasteiger partial charge >= 0.3 is 0 Å². The van der Waals surface area contributed by atoms with Crippen molar-refractivity contribution in [3.8, 4) is 0 Å². The molecule has 2 N–H and O–H groups in total. The van der Waals surface area contributed by atoms with Gasteiger partial charge in [-0.05, 0) is 42.9 Å². The van der Waals surface area contributed by atoms with Gasteiger partial charge in [-0.1, -0.05) is 34.0 Å². The molecule has 21 heavy (non-hydrogen) atoms. The Kier molecular flexibility index (Phi) is 5.58. The lowest BCUT2D eigenvalue weighted by Gasteiger charge is -2.29. The van der Waals surface area contributed by atoms with Crippen LogP contribution in [-0.2, 0) is 0 Å². The number of carbonyl (C=O) groups is 1. The van der Waals surface area contributed by atoms with Crippen LogP contribution in [0.4, 0.5) is 0 Å². The summed E-state index contributed by atoms with van der Waals surface area (Å²) in [7, 11) is 0. The first-order valence-corrected chi connectivity index (χ1v) is 8.23. The SMILES string of the molecule is Cl.NC1CCCC2CN(C(=O)c3ccc(Br)cc3Cl)CC12. The topological polar surface area (TPSA) is 46.3 Å². The van der Waals surface area contributed by atoms with Crippen LogP contribution < -0.4 is 5.73 Å². The van der Waals surface area contributed by atoms with Crippen LogP contribution in [0.1, 0.15) is 29.6 Å². The normalized spacial score (nSPS) is 28.0. The molecule has 116 valence electrons. The predicted octanol–water partition coefficient (Wildman–Crippen LogP) is 3.72. The van der Waals surface area contributed by atoms with Crippen molar-refractivity contribution in [2.45, 2.75) is 25.3 Å². The molecule has 1 aliphatic carbocycles. The van der Waals surface area contributed by atoms with Gasteiger partial charge in [0, 0.05) is 23.6 Å². The minimum atomic E-state index is 0. The first-order valence-electron chi connectivity index (χ1n) is 7.06. The van der Waals surface area contributed by atoms with E-state index >= 15 is 0 Å². The molecule has 3 unspecified atom stereocenters. The summed E-state index contributed by atoms with van der Waals surface area (Å²) in [6, 6.07) is 5.65. The summed E-state index contributed by atoms with van der Waals surface area (Å²) < 4.78 is 0.885. The molecule has 0 aromatic heterocycles. The van der Waals surface area contributed by atoms with E-state index in [4.69, 9.17) is 17.3 Å². The molecule has 6 heteroatoms. The largest absolute Gasteiger partial charge is 0.338 e. The zero-order valence-electron chi connectivity index (χ0n) is 11.6. The average molecular weight is 394 g/mol. The zero-order chi connectivity index (χ0) is 14.3. The van der Waals surface area contributed by atoms with Gasteiger partial charge in [-0.3, -0.25) is 4.79 Å². The molecule has 1 saturated carbocycles. The van der Waals surface area contributed by atoms with Crippen LogP contribution in [0, 0.1) is 11.8 Å². The van der Waals surface area contributed by atoms with Gasteiger partial charge in [-0.25, -0.2) is 0 Å². The Morgan fingerprint density at radius 3 is 2.76 bits per heavy atom. The molecule has 0 spiro atoms. The highest BCUT2D eigenvalue weighted by molar-refractivity contribution is 9.10. The molecule has 3 atom stereocenters. The zero-order valence-corrected chi connectivity index (χ0v) is 14.8. The van der Waals surface area contributed by atoms with Gasteiger partial charge < -0.3 is 10.6 Å². The number of benzene rings is 1. The lowest BCUT2D eigenvalue weighted by molar-refractivity contribution is 0.0783. The van der Waals surface area contributed by atoms with Crippen molar-refractivity contribution in [2.75, 3.05) is 13.1 Å². The van der Waals surface area contributed by atoms with Crippen molar-refractivity contribution in [3.63, 3.8) is 0 Å². The summed E-state index contributed by atoms with van der Waals surface area (Å²) >= 11 is 9.54. The number of halogens is 3. The van der Waals surface area contributed by atoms with Gasteiger partial charge in [0.1, 0.15) is 0 Å². The third-order valence-electron chi connectivity index (χ3n) is 4.60. The second kappa shape index (κ2) is 6.86. The molecule has 1 saturated heterocycles. The predicted molar refractivity (Wildman–Crippen MR) is 91.1 cm³/mol. The average Bonchev–Trinajstić information content (AvgIpc) is 2.83. The van der Waals surface area contributed by atoms with Crippen LogP contribution in [0.2, 0.25) is 5.02 Å². The van der Waals surface area contributed by atoms with E-state index in [1.807, 2.05) is 11.0 Å². The van der Waals surface area contributed by atoms with E-state index < -0.39 is 0 Å². The van der Waals surface area contributed by atoms with E-state index in [1.165, 1.54) is 12.8 Å². The quantitative estimate of drug-likeness (QED) is 0.790. The molecular weight excluding hydrogens is 375 g/mol. The number of likely N-dealkylation sites (tertiary alicyclic amines) is 1. The van der Waals surface area contributed by atoms with Gasteiger partial charge in [0.2, 0.25) is 0 Å². The van der Waals surface area contributed by atoms with Crippen molar-refractivity contribution >= 4 is 45.8 Å². The Hall–Kier alpha value is -0.290. The smallest absolute Gasteiger partial charge is 0.255 e. The third kappa shape index (κ3) is 3.39. The highest BCUT2D eigenvalue weighted by Gasteiger charge is 2.40. The Bertz CT molecular complexity index is 540. The van der Waals surface area contributed by atoms with Gasteiger partial charge in [0.15, 0.2) is 0 Å². The Labute approximate surface area is 144 Å². The number of carbonyl (C=O) groups excluding carboxylic acids is 1. The van der Waals surface area contributed by atoms with Crippen LogP contribution >= 0.6 is 39.9 Å². The molecule has 1 aromatic carbocycles. The fraction of sp³-hybridized carbons (Fsp3) is 0.533. The maximum absolute atomic E-state index is 12.6. The van der Waals surface area contributed by atoms with E-state index in [9.17, 15) is 4.79 Å². The molecular formula is C15H19BrCl2N2O. The van der Waals surface area contributed by atoms with Crippen LogP contribution in [0.3, 0.4) is 0 Å². The lowest BCUT2D eigenvalue weighted by atomic mass is 9.78. The summed E-state index contributed by atoms with van der Waals surface area (Å²) in [6.07, 6.45) is 3.46. The maximum Gasteiger partial charge on any atom is 0.255 e. The number of nitrogens with two attached hydrogens (primary N) is 1. The second-order valence-electron chi connectivity index (χ2n) is 5.85. The summed E-state index contributed by atoms with van der Waals surface area (Å²) in [5.41, 5.74) is 6.79. The van der Waals surface area contributed by atoms with Gasteiger partial charge in [-0.2, -0.15) is 0 Å². The van der Waals surface area contributed by atoms with Crippen molar-refractivity contribution in [1.29, 1.82) is 0 Å². The molecule has 1 amide bonds. The van der Waals surface area contributed by atoms with Crippen LogP contribution in [0.5, 0.6) is 0 Å². The first kappa shape index (κ1) is 17.1. The van der Waals surface area contributed by atoms with Crippen molar-refractivity contribution in [2.24, 2.45) is 17.6 Å². The fourth-order valence-corrected chi connectivity index (χ4v) is 4.27. The van der Waals surface area contributed by atoms with E-state index in [-0.39, 0.29) is 24.4 Å². The Morgan fingerprint density at radius 1 is 1.33 bits per heavy atom.